The Kier molecular flexibility index (Phi) is 5.15. The van der Waals surface area contributed by atoms with E-state index in [0.29, 0.717) is 30.4 Å². The van der Waals surface area contributed by atoms with E-state index in [9.17, 15) is 4.79 Å². The van der Waals surface area contributed by atoms with Crippen molar-refractivity contribution in [1.29, 1.82) is 0 Å². The van der Waals surface area contributed by atoms with Gasteiger partial charge in [0.2, 0.25) is 11.7 Å². The molecule has 0 bridgehead atoms. The van der Waals surface area contributed by atoms with E-state index >= 15 is 0 Å². The maximum absolute atomic E-state index is 12.4. The van der Waals surface area contributed by atoms with Crippen LogP contribution in [0.2, 0.25) is 0 Å². The number of hydrogen-bond acceptors (Lipinski definition) is 7. The summed E-state index contributed by atoms with van der Waals surface area (Å²) in [7, 11) is 0. The first-order valence-electron chi connectivity index (χ1n) is 10.1. The third-order valence-electron chi connectivity index (χ3n) is 5.49. The summed E-state index contributed by atoms with van der Waals surface area (Å²) in [6.07, 6.45) is 5.07. The highest BCUT2D eigenvalue weighted by Crippen LogP contribution is 2.28. The lowest BCUT2D eigenvalue weighted by atomic mass is 10.0. The number of pyridine rings is 1. The van der Waals surface area contributed by atoms with Gasteiger partial charge in [-0.05, 0) is 49.2 Å². The molecule has 0 aliphatic carbocycles. The minimum Gasteiger partial charge on any atom is -0.487 e. The molecule has 1 amide bonds. The molecule has 0 atom stereocenters. The summed E-state index contributed by atoms with van der Waals surface area (Å²) in [5.74, 6) is 2.31. The van der Waals surface area contributed by atoms with E-state index in [1.54, 1.807) is 29.4 Å². The largest absolute Gasteiger partial charge is 0.487 e. The molecule has 2 aliphatic rings. The van der Waals surface area contributed by atoms with Crippen LogP contribution in [0, 0.1) is 0 Å². The van der Waals surface area contributed by atoms with Crippen molar-refractivity contribution in [3.8, 4) is 17.1 Å². The summed E-state index contributed by atoms with van der Waals surface area (Å²) in [6, 6.07) is 11.1. The van der Waals surface area contributed by atoms with E-state index in [0.717, 1.165) is 37.4 Å². The molecule has 0 saturated carbocycles. The number of likely N-dealkylation sites (tertiary alicyclic amines) is 1. The van der Waals surface area contributed by atoms with E-state index in [4.69, 9.17) is 14.0 Å². The molecule has 3 aromatic rings. The Bertz CT molecular complexity index is 993. The van der Waals surface area contributed by atoms with Gasteiger partial charge in [-0.1, -0.05) is 5.16 Å². The first-order chi connectivity index (χ1) is 14.8. The molecule has 5 rings (SSSR count). The molecule has 2 aromatic heterocycles. The van der Waals surface area contributed by atoms with Crippen LogP contribution in [0.3, 0.4) is 0 Å². The molecule has 2 fully saturated rings. The van der Waals surface area contributed by atoms with Crippen LogP contribution < -0.4 is 4.74 Å². The highest BCUT2D eigenvalue weighted by atomic mass is 16.5. The lowest BCUT2D eigenvalue weighted by Gasteiger charge is -2.39. The molecule has 4 heterocycles. The molecule has 2 aliphatic heterocycles. The fourth-order valence-electron chi connectivity index (χ4n) is 3.69. The highest BCUT2D eigenvalue weighted by molar-refractivity contribution is 5.94. The second-order valence-electron chi connectivity index (χ2n) is 7.55. The lowest BCUT2D eigenvalue weighted by Crippen LogP contribution is -2.56. The van der Waals surface area contributed by atoms with Crippen molar-refractivity contribution in [3.63, 3.8) is 0 Å². The maximum atomic E-state index is 12.4. The van der Waals surface area contributed by atoms with E-state index < -0.39 is 0 Å². The Morgan fingerprint density at radius 1 is 1.03 bits per heavy atom. The molecule has 0 radical (unpaired) electrons. The fourth-order valence-corrected chi connectivity index (χ4v) is 3.69. The molecule has 154 valence electrons. The van der Waals surface area contributed by atoms with Gasteiger partial charge in [0.15, 0.2) is 0 Å². The van der Waals surface area contributed by atoms with Gasteiger partial charge in [0.1, 0.15) is 11.9 Å². The van der Waals surface area contributed by atoms with Crippen LogP contribution >= 0.6 is 0 Å². The van der Waals surface area contributed by atoms with Gasteiger partial charge in [0, 0.05) is 42.7 Å². The van der Waals surface area contributed by atoms with Crippen molar-refractivity contribution in [2.24, 2.45) is 0 Å². The number of ether oxygens (including phenoxy) is 2. The van der Waals surface area contributed by atoms with Gasteiger partial charge in [-0.2, -0.15) is 4.98 Å². The minimum absolute atomic E-state index is 0.00466. The molecule has 0 spiro atoms. The summed E-state index contributed by atoms with van der Waals surface area (Å²) in [5.41, 5.74) is 1.53. The van der Waals surface area contributed by atoms with Crippen molar-refractivity contribution >= 4 is 5.91 Å². The first-order valence-corrected chi connectivity index (χ1v) is 10.1. The van der Waals surface area contributed by atoms with E-state index in [1.165, 1.54) is 0 Å². The second kappa shape index (κ2) is 8.23. The van der Waals surface area contributed by atoms with Gasteiger partial charge in [-0.25, -0.2) is 0 Å². The average molecular weight is 406 g/mol. The quantitative estimate of drug-likeness (QED) is 0.643. The molecular weight excluding hydrogens is 384 g/mol. The topological polar surface area (TPSA) is 90.6 Å². The Labute approximate surface area is 173 Å². The van der Waals surface area contributed by atoms with Gasteiger partial charge in [-0.3, -0.25) is 9.78 Å². The van der Waals surface area contributed by atoms with Gasteiger partial charge >= 0.3 is 0 Å². The van der Waals surface area contributed by atoms with Gasteiger partial charge in [0.05, 0.1) is 13.1 Å². The Hall–Kier alpha value is -3.26. The molecule has 8 nitrogen and oxygen atoms in total. The molecule has 1 aromatic carbocycles. The standard InChI is InChI=1S/C22H22N4O4/c27-22(17-5-9-23-10-6-17)26-13-19(14-26)29-18-3-1-15(2-4-18)20-24-21(30-25-20)16-7-11-28-12-8-16/h1-6,9-10,16,19H,7-8,11-14H2. The van der Waals surface area contributed by atoms with Crippen molar-refractivity contribution in [1.82, 2.24) is 20.0 Å². The number of benzene rings is 1. The Morgan fingerprint density at radius 2 is 1.77 bits per heavy atom. The number of aromatic nitrogens is 3. The number of amides is 1. The van der Waals surface area contributed by atoms with Gasteiger partial charge in [-0.15, -0.1) is 0 Å². The van der Waals surface area contributed by atoms with Crippen LogP contribution in [-0.2, 0) is 4.74 Å². The highest BCUT2D eigenvalue weighted by Gasteiger charge is 2.32. The van der Waals surface area contributed by atoms with Crippen molar-refractivity contribution in [2.75, 3.05) is 26.3 Å². The zero-order valence-corrected chi connectivity index (χ0v) is 16.4. The number of carbonyl (C=O) groups excluding carboxylic acids is 1. The van der Waals surface area contributed by atoms with Gasteiger partial charge in [0.25, 0.3) is 5.91 Å². The van der Waals surface area contributed by atoms with Crippen LogP contribution in [0.5, 0.6) is 5.75 Å². The zero-order valence-electron chi connectivity index (χ0n) is 16.4. The smallest absolute Gasteiger partial charge is 0.254 e. The maximum Gasteiger partial charge on any atom is 0.254 e. The molecule has 30 heavy (non-hydrogen) atoms. The predicted octanol–water partition coefficient (Wildman–Crippen LogP) is 2.93. The summed E-state index contributed by atoms with van der Waals surface area (Å²) in [4.78, 5) is 22.6. The molecule has 8 heteroatoms. The van der Waals surface area contributed by atoms with E-state index in [1.807, 2.05) is 24.3 Å². The van der Waals surface area contributed by atoms with Crippen LogP contribution in [0.15, 0.2) is 53.3 Å². The number of rotatable bonds is 5. The third-order valence-corrected chi connectivity index (χ3v) is 5.49. The van der Waals surface area contributed by atoms with Crippen LogP contribution in [0.4, 0.5) is 0 Å². The van der Waals surface area contributed by atoms with E-state index in [-0.39, 0.29) is 17.9 Å². The predicted molar refractivity (Wildman–Crippen MR) is 107 cm³/mol. The van der Waals surface area contributed by atoms with Crippen LogP contribution in [-0.4, -0.2) is 58.3 Å². The van der Waals surface area contributed by atoms with Crippen molar-refractivity contribution in [2.45, 2.75) is 24.9 Å². The summed E-state index contributed by atoms with van der Waals surface area (Å²) >= 11 is 0. The molecular formula is C22H22N4O4. The Morgan fingerprint density at radius 3 is 2.50 bits per heavy atom. The number of hydrogen-bond donors (Lipinski definition) is 0. The van der Waals surface area contributed by atoms with E-state index in [2.05, 4.69) is 15.1 Å². The summed E-state index contributed by atoms with van der Waals surface area (Å²) in [6.45, 7) is 2.62. The van der Waals surface area contributed by atoms with Crippen LogP contribution in [0.25, 0.3) is 11.4 Å². The second-order valence-corrected chi connectivity index (χ2v) is 7.55. The Balaban J connectivity index is 1.16. The molecule has 2 saturated heterocycles. The zero-order chi connectivity index (χ0) is 20.3. The van der Waals surface area contributed by atoms with Crippen molar-refractivity contribution in [3.05, 3.63) is 60.2 Å². The lowest BCUT2D eigenvalue weighted by molar-refractivity contribution is 0.0178. The monoisotopic (exact) mass is 406 g/mol. The summed E-state index contributed by atoms with van der Waals surface area (Å²) < 4.78 is 16.8. The molecule has 0 unspecified atom stereocenters. The fraction of sp³-hybridized carbons (Fsp3) is 0.364. The molecule has 0 N–H and O–H groups in total. The number of carbonyl (C=O) groups is 1. The van der Waals surface area contributed by atoms with Gasteiger partial charge < -0.3 is 18.9 Å². The SMILES string of the molecule is O=C(c1ccncc1)N1CC(Oc2ccc(-c3noc(C4CCOCC4)n3)cc2)C1. The van der Waals surface area contributed by atoms with Crippen LogP contribution in [0.1, 0.15) is 35.0 Å². The third kappa shape index (κ3) is 3.91. The average Bonchev–Trinajstić information content (AvgIpc) is 3.27. The summed E-state index contributed by atoms with van der Waals surface area (Å²) in [5, 5.41) is 4.12. The first kappa shape index (κ1) is 18.7. The minimum atomic E-state index is -0.00747. The number of nitrogens with zero attached hydrogens (tertiary/aromatic N) is 4. The van der Waals surface area contributed by atoms with Crippen molar-refractivity contribution < 1.29 is 18.8 Å². The normalized spacial score (nSPS) is 17.5.